The van der Waals surface area contributed by atoms with Gasteiger partial charge in [0, 0.05) is 56.4 Å². The Morgan fingerprint density at radius 2 is 2.00 bits per heavy atom. The molecule has 11 nitrogen and oxygen atoms in total. The van der Waals surface area contributed by atoms with Gasteiger partial charge in [0.25, 0.3) is 5.91 Å². The van der Waals surface area contributed by atoms with Gasteiger partial charge in [-0.25, -0.2) is 14.6 Å². The molecule has 178 valence electrons. The first kappa shape index (κ1) is 21.3. The zero-order valence-electron chi connectivity index (χ0n) is 19.0. The number of hydrogen-bond acceptors (Lipinski definition) is 9. The highest BCUT2D eigenvalue weighted by Gasteiger charge is 2.48. The van der Waals surface area contributed by atoms with Gasteiger partial charge in [0.1, 0.15) is 11.4 Å². The van der Waals surface area contributed by atoms with Crippen LogP contribution in [0.3, 0.4) is 0 Å². The average molecular weight is 473 g/mol. The monoisotopic (exact) mass is 473 g/mol. The SMILES string of the molecule is CN1CCC(O)(c2cc(-c3cccc(-c4ccnc(Nc5cnn6c5OCCC6)n4)c3)no2)C1=O. The molecule has 1 aromatic carbocycles. The van der Waals surface area contributed by atoms with Crippen molar-refractivity contribution in [3.05, 3.63) is 54.6 Å². The van der Waals surface area contributed by atoms with Crippen LogP contribution in [-0.4, -0.2) is 61.0 Å². The molecule has 3 aromatic heterocycles. The van der Waals surface area contributed by atoms with Crippen molar-refractivity contribution in [1.82, 2.24) is 29.8 Å². The van der Waals surface area contributed by atoms with Gasteiger partial charge in [0.15, 0.2) is 5.76 Å². The van der Waals surface area contributed by atoms with Crippen LogP contribution in [0.1, 0.15) is 18.6 Å². The summed E-state index contributed by atoms with van der Waals surface area (Å²) in [6.45, 7) is 1.93. The van der Waals surface area contributed by atoms with Crippen LogP contribution in [0.25, 0.3) is 22.5 Å². The van der Waals surface area contributed by atoms with E-state index in [4.69, 9.17) is 9.26 Å². The summed E-state index contributed by atoms with van der Waals surface area (Å²) in [7, 11) is 1.65. The number of ether oxygens (including phenoxy) is 1. The van der Waals surface area contributed by atoms with E-state index in [2.05, 4.69) is 25.5 Å². The van der Waals surface area contributed by atoms with Crippen molar-refractivity contribution in [2.45, 2.75) is 25.0 Å². The molecule has 2 aliphatic rings. The van der Waals surface area contributed by atoms with E-state index >= 15 is 0 Å². The second-order valence-corrected chi connectivity index (χ2v) is 8.67. The molecule has 0 bridgehead atoms. The molecule has 2 aliphatic heterocycles. The second-order valence-electron chi connectivity index (χ2n) is 8.67. The summed E-state index contributed by atoms with van der Waals surface area (Å²) in [5.74, 6) is 0.864. The topological polar surface area (TPSA) is 131 Å². The third-order valence-corrected chi connectivity index (χ3v) is 6.33. The predicted molar refractivity (Wildman–Crippen MR) is 125 cm³/mol. The molecular formula is C24H23N7O4. The van der Waals surface area contributed by atoms with E-state index in [1.54, 1.807) is 25.5 Å². The Kier molecular flexibility index (Phi) is 4.99. The number of carbonyl (C=O) groups excluding carboxylic acids is 1. The van der Waals surface area contributed by atoms with Gasteiger partial charge < -0.3 is 24.6 Å². The van der Waals surface area contributed by atoms with E-state index in [9.17, 15) is 9.90 Å². The normalized spacial score (nSPS) is 19.5. The summed E-state index contributed by atoms with van der Waals surface area (Å²) in [4.78, 5) is 22.9. The number of likely N-dealkylation sites (tertiary alicyclic amines) is 1. The lowest BCUT2D eigenvalue weighted by molar-refractivity contribution is -0.144. The number of hydrogen-bond donors (Lipinski definition) is 2. The van der Waals surface area contributed by atoms with E-state index in [1.165, 1.54) is 4.90 Å². The third-order valence-electron chi connectivity index (χ3n) is 6.33. The maximum atomic E-state index is 12.4. The first-order valence-electron chi connectivity index (χ1n) is 11.4. The molecule has 1 fully saturated rings. The van der Waals surface area contributed by atoms with E-state index in [1.807, 2.05) is 35.0 Å². The maximum absolute atomic E-state index is 12.4. The smallest absolute Gasteiger partial charge is 0.262 e. The fraction of sp³-hybridized carbons (Fsp3) is 0.292. The number of benzene rings is 1. The minimum Gasteiger partial charge on any atom is -0.476 e. The minimum absolute atomic E-state index is 0.146. The number of nitrogens with zero attached hydrogens (tertiary/aromatic N) is 6. The lowest BCUT2D eigenvalue weighted by atomic mass is 9.98. The van der Waals surface area contributed by atoms with E-state index < -0.39 is 5.60 Å². The summed E-state index contributed by atoms with van der Waals surface area (Å²) in [5, 5.41) is 22.5. The fourth-order valence-corrected chi connectivity index (χ4v) is 4.38. The van der Waals surface area contributed by atoms with Gasteiger partial charge in [-0.15, -0.1) is 0 Å². The van der Waals surface area contributed by atoms with Crippen LogP contribution >= 0.6 is 0 Å². The van der Waals surface area contributed by atoms with Crippen molar-refractivity contribution in [1.29, 1.82) is 0 Å². The van der Waals surface area contributed by atoms with Crippen molar-refractivity contribution >= 4 is 17.5 Å². The summed E-state index contributed by atoms with van der Waals surface area (Å²) < 4.78 is 12.9. The summed E-state index contributed by atoms with van der Waals surface area (Å²) in [6, 6.07) is 11.1. The highest BCUT2D eigenvalue weighted by Crippen LogP contribution is 2.35. The van der Waals surface area contributed by atoms with Crippen LogP contribution in [0.15, 0.2) is 53.3 Å². The van der Waals surface area contributed by atoms with Crippen molar-refractivity contribution < 1.29 is 19.2 Å². The number of nitrogens with one attached hydrogen (secondary N) is 1. The second kappa shape index (κ2) is 8.20. The lowest BCUT2D eigenvalue weighted by Crippen LogP contribution is -2.35. The van der Waals surface area contributed by atoms with Gasteiger partial charge in [0.2, 0.25) is 17.4 Å². The molecule has 1 atom stereocenters. The number of aryl methyl sites for hydroxylation is 1. The van der Waals surface area contributed by atoms with Gasteiger partial charge in [-0.05, 0) is 12.1 Å². The van der Waals surface area contributed by atoms with Crippen molar-refractivity contribution in [3.8, 4) is 28.4 Å². The fourth-order valence-electron chi connectivity index (χ4n) is 4.38. The molecule has 0 radical (unpaired) electrons. The van der Waals surface area contributed by atoms with Crippen LogP contribution < -0.4 is 10.1 Å². The van der Waals surface area contributed by atoms with E-state index in [0.29, 0.717) is 36.4 Å². The molecular weight excluding hydrogens is 450 g/mol. The Morgan fingerprint density at radius 3 is 2.83 bits per heavy atom. The lowest BCUT2D eigenvalue weighted by Gasteiger charge is -2.16. The molecule has 4 aromatic rings. The molecule has 35 heavy (non-hydrogen) atoms. The van der Waals surface area contributed by atoms with Crippen molar-refractivity contribution in [3.63, 3.8) is 0 Å². The number of carbonyl (C=O) groups is 1. The van der Waals surface area contributed by atoms with Crippen LogP contribution in [0.5, 0.6) is 5.88 Å². The Bertz CT molecular complexity index is 1410. The van der Waals surface area contributed by atoms with Gasteiger partial charge in [0.05, 0.1) is 18.5 Å². The highest BCUT2D eigenvalue weighted by molar-refractivity contribution is 5.87. The van der Waals surface area contributed by atoms with E-state index in [-0.39, 0.29) is 18.1 Å². The quantitative estimate of drug-likeness (QED) is 0.449. The van der Waals surface area contributed by atoms with Crippen LogP contribution in [0, 0.1) is 0 Å². The molecule has 5 heterocycles. The molecule has 0 aliphatic carbocycles. The summed E-state index contributed by atoms with van der Waals surface area (Å²) in [6.07, 6.45) is 4.58. The van der Waals surface area contributed by atoms with Crippen LogP contribution in [0.4, 0.5) is 11.6 Å². The van der Waals surface area contributed by atoms with Crippen LogP contribution in [-0.2, 0) is 16.9 Å². The van der Waals surface area contributed by atoms with Gasteiger partial charge in [-0.3, -0.25) is 4.79 Å². The van der Waals surface area contributed by atoms with Gasteiger partial charge in [-0.2, -0.15) is 5.10 Å². The number of rotatable bonds is 5. The van der Waals surface area contributed by atoms with Gasteiger partial charge >= 0.3 is 0 Å². The molecule has 2 N–H and O–H groups in total. The minimum atomic E-state index is -1.68. The molecule has 1 amide bonds. The molecule has 0 spiro atoms. The Labute approximate surface area is 200 Å². The van der Waals surface area contributed by atoms with Gasteiger partial charge in [-0.1, -0.05) is 23.4 Å². The zero-order chi connectivity index (χ0) is 24.0. The highest BCUT2D eigenvalue weighted by atomic mass is 16.5. The summed E-state index contributed by atoms with van der Waals surface area (Å²) in [5.41, 5.74) is 1.89. The number of fused-ring (bicyclic) bond motifs is 1. The Hall–Kier alpha value is -4.25. The molecule has 6 rings (SSSR count). The zero-order valence-corrected chi connectivity index (χ0v) is 19.0. The number of aromatic nitrogens is 5. The standard InChI is InChI=1S/C24H23N7O4/c1-30-10-7-24(33,22(30)32)20-13-18(29-35-20)16-5-2-4-15(12-16)17-6-8-25-23(27-17)28-19-14-26-31-9-3-11-34-21(19)31/h2,4-6,8,12-14,33H,3,7,9-11H2,1H3,(H,25,27,28). The number of likely N-dealkylation sites (N-methyl/N-ethyl adjacent to an activating group) is 1. The molecule has 11 heteroatoms. The Morgan fingerprint density at radius 1 is 1.14 bits per heavy atom. The first-order chi connectivity index (χ1) is 17.0. The largest absolute Gasteiger partial charge is 0.476 e. The average Bonchev–Trinajstić information content (AvgIpc) is 3.61. The number of amides is 1. The number of anilines is 2. The number of aliphatic hydroxyl groups is 1. The maximum Gasteiger partial charge on any atom is 0.262 e. The van der Waals surface area contributed by atoms with Crippen molar-refractivity contribution in [2.24, 2.45) is 0 Å². The summed E-state index contributed by atoms with van der Waals surface area (Å²) >= 11 is 0. The predicted octanol–water partition coefficient (Wildman–Crippen LogP) is 2.57. The van der Waals surface area contributed by atoms with E-state index in [0.717, 1.165) is 29.8 Å². The first-order valence-corrected chi connectivity index (χ1v) is 11.4. The molecule has 0 saturated carbocycles. The van der Waals surface area contributed by atoms with Crippen LogP contribution in [0.2, 0.25) is 0 Å². The molecule has 1 unspecified atom stereocenters. The van der Waals surface area contributed by atoms with Crippen molar-refractivity contribution in [2.75, 3.05) is 25.5 Å². The molecule has 1 saturated heterocycles. The third kappa shape index (κ3) is 3.69. The Balaban J connectivity index is 1.26.